The van der Waals surface area contributed by atoms with Crippen LogP contribution in [0.15, 0.2) is 24.5 Å². The molecule has 1 heterocycles. The maximum Gasteiger partial charge on any atom is 0.243 e. The minimum absolute atomic E-state index is 0.0312. The fourth-order valence-electron chi connectivity index (χ4n) is 1.23. The Hall–Kier alpha value is -1.88. The first-order valence-corrected chi connectivity index (χ1v) is 5.15. The number of anilines is 1. The van der Waals surface area contributed by atoms with Crippen LogP contribution in [0, 0.1) is 12.7 Å². The molecule has 0 spiro atoms. The molecule has 0 saturated heterocycles. The van der Waals surface area contributed by atoms with Gasteiger partial charge in [0.05, 0.1) is 0 Å². The lowest BCUT2D eigenvalue weighted by Crippen LogP contribution is -1.97. The molecule has 2 rings (SSSR count). The first-order chi connectivity index (χ1) is 8.08. The Morgan fingerprint density at radius 2 is 2.12 bits per heavy atom. The van der Waals surface area contributed by atoms with E-state index < -0.39 is 5.82 Å². The summed E-state index contributed by atoms with van der Waals surface area (Å²) in [4.78, 5) is 7.48. The molecule has 1 aromatic carbocycles. The van der Waals surface area contributed by atoms with Crippen molar-refractivity contribution in [3.8, 4) is 11.6 Å². The molecule has 0 unspecified atom stereocenters. The van der Waals surface area contributed by atoms with Crippen LogP contribution in [0.1, 0.15) is 5.56 Å². The van der Waals surface area contributed by atoms with Crippen molar-refractivity contribution in [2.75, 3.05) is 5.73 Å². The first-order valence-electron chi connectivity index (χ1n) is 4.78. The third-order valence-corrected chi connectivity index (χ3v) is 2.43. The number of ether oxygens (including phenoxy) is 1. The van der Waals surface area contributed by atoms with Gasteiger partial charge in [0.15, 0.2) is 11.6 Å². The van der Waals surface area contributed by atoms with E-state index in [0.717, 1.165) is 5.56 Å². The molecule has 0 radical (unpaired) electrons. The number of nitrogen functional groups attached to an aromatic ring is 1. The molecule has 88 valence electrons. The van der Waals surface area contributed by atoms with Gasteiger partial charge >= 0.3 is 0 Å². The summed E-state index contributed by atoms with van der Waals surface area (Å²) in [5.41, 5.74) is 6.35. The van der Waals surface area contributed by atoms with Crippen LogP contribution in [0.2, 0.25) is 5.02 Å². The Bertz CT molecular complexity index is 562. The van der Waals surface area contributed by atoms with Gasteiger partial charge < -0.3 is 10.5 Å². The van der Waals surface area contributed by atoms with Crippen molar-refractivity contribution >= 4 is 17.4 Å². The summed E-state index contributed by atoms with van der Waals surface area (Å²) in [5, 5.41) is 0.0633. The minimum atomic E-state index is -0.496. The zero-order valence-corrected chi connectivity index (χ0v) is 9.70. The second-order valence-electron chi connectivity index (χ2n) is 3.41. The Kier molecular flexibility index (Phi) is 3.10. The summed E-state index contributed by atoms with van der Waals surface area (Å²) < 4.78 is 18.7. The molecule has 17 heavy (non-hydrogen) atoms. The molecule has 0 bridgehead atoms. The lowest BCUT2D eigenvalue weighted by Gasteiger charge is -2.08. The van der Waals surface area contributed by atoms with Gasteiger partial charge in [0.2, 0.25) is 5.88 Å². The quantitative estimate of drug-likeness (QED) is 0.894. The van der Waals surface area contributed by atoms with Crippen molar-refractivity contribution < 1.29 is 9.13 Å². The van der Waals surface area contributed by atoms with E-state index in [0.29, 0.717) is 0 Å². The molecule has 0 atom stereocenters. The van der Waals surface area contributed by atoms with Gasteiger partial charge in [-0.1, -0.05) is 17.7 Å². The highest BCUT2D eigenvalue weighted by Gasteiger charge is 2.11. The van der Waals surface area contributed by atoms with Gasteiger partial charge in [-0.3, -0.25) is 0 Å². The van der Waals surface area contributed by atoms with E-state index >= 15 is 0 Å². The summed E-state index contributed by atoms with van der Waals surface area (Å²) in [6.45, 7) is 1.82. The van der Waals surface area contributed by atoms with Crippen LogP contribution in [0.5, 0.6) is 11.6 Å². The van der Waals surface area contributed by atoms with E-state index in [2.05, 4.69) is 9.97 Å². The summed E-state index contributed by atoms with van der Waals surface area (Å²) in [6, 6.07) is 4.49. The fraction of sp³-hybridized carbons (Fsp3) is 0.0909. The monoisotopic (exact) mass is 253 g/mol. The average molecular weight is 254 g/mol. The predicted molar refractivity (Wildman–Crippen MR) is 62.7 cm³/mol. The molecule has 2 N–H and O–H groups in total. The fourth-order valence-corrected chi connectivity index (χ4v) is 1.37. The van der Waals surface area contributed by atoms with Crippen LogP contribution in [0.25, 0.3) is 0 Å². The lowest BCUT2D eigenvalue weighted by molar-refractivity contribution is 0.426. The van der Waals surface area contributed by atoms with E-state index in [1.165, 1.54) is 12.4 Å². The molecule has 0 amide bonds. The van der Waals surface area contributed by atoms with E-state index in [4.69, 9.17) is 22.1 Å². The smallest absolute Gasteiger partial charge is 0.243 e. The Balaban J connectivity index is 2.38. The van der Waals surface area contributed by atoms with Crippen LogP contribution in [-0.2, 0) is 0 Å². The highest BCUT2D eigenvalue weighted by molar-refractivity contribution is 6.34. The van der Waals surface area contributed by atoms with Crippen LogP contribution in [-0.4, -0.2) is 9.97 Å². The zero-order valence-electron chi connectivity index (χ0n) is 8.95. The highest BCUT2D eigenvalue weighted by atomic mass is 35.5. The molecular weight excluding hydrogens is 245 g/mol. The van der Waals surface area contributed by atoms with Crippen LogP contribution < -0.4 is 10.5 Å². The first kappa shape index (κ1) is 11.6. The summed E-state index contributed by atoms with van der Waals surface area (Å²) >= 11 is 5.84. The van der Waals surface area contributed by atoms with E-state index in [1.807, 2.05) is 6.92 Å². The third-order valence-electron chi connectivity index (χ3n) is 2.08. The molecule has 4 nitrogen and oxygen atoms in total. The van der Waals surface area contributed by atoms with Gasteiger partial charge in [0.1, 0.15) is 17.2 Å². The van der Waals surface area contributed by atoms with E-state index in [1.54, 1.807) is 12.1 Å². The number of aryl methyl sites for hydroxylation is 1. The number of hydrogen-bond donors (Lipinski definition) is 1. The van der Waals surface area contributed by atoms with E-state index in [9.17, 15) is 4.39 Å². The van der Waals surface area contributed by atoms with Gasteiger partial charge in [-0.25, -0.2) is 9.37 Å². The van der Waals surface area contributed by atoms with Crippen LogP contribution in [0.4, 0.5) is 10.2 Å². The molecule has 1 aromatic heterocycles. The Morgan fingerprint density at radius 1 is 1.35 bits per heavy atom. The van der Waals surface area contributed by atoms with Gasteiger partial charge in [-0.2, -0.15) is 4.98 Å². The lowest BCUT2D eigenvalue weighted by atomic mass is 10.2. The summed E-state index contributed by atoms with van der Waals surface area (Å²) in [6.07, 6.45) is 1.20. The normalized spacial score (nSPS) is 10.3. The second-order valence-corrected chi connectivity index (χ2v) is 3.79. The number of hydrogen-bond acceptors (Lipinski definition) is 4. The van der Waals surface area contributed by atoms with Crippen molar-refractivity contribution in [1.29, 1.82) is 0 Å². The molecule has 2 aromatic rings. The number of halogens is 2. The molecular formula is C11H9ClFN3O. The van der Waals surface area contributed by atoms with Gasteiger partial charge in [0, 0.05) is 0 Å². The average Bonchev–Trinajstić information content (AvgIpc) is 2.30. The Morgan fingerprint density at radius 3 is 2.88 bits per heavy atom. The molecule has 0 saturated carbocycles. The second kappa shape index (κ2) is 4.55. The maximum absolute atomic E-state index is 13.4. The molecule has 0 aliphatic heterocycles. The molecule has 6 heteroatoms. The zero-order chi connectivity index (χ0) is 12.4. The van der Waals surface area contributed by atoms with Crippen LogP contribution in [0.3, 0.4) is 0 Å². The number of benzene rings is 1. The van der Waals surface area contributed by atoms with Crippen molar-refractivity contribution in [1.82, 2.24) is 9.97 Å². The maximum atomic E-state index is 13.4. The van der Waals surface area contributed by atoms with Crippen molar-refractivity contribution in [2.45, 2.75) is 6.92 Å². The SMILES string of the molecule is Cc1ccc(F)c(Oc2ncnc(N)c2Cl)c1. The highest BCUT2D eigenvalue weighted by Crippen LogP contribution is 2.31. The van der Waals surface area contributed by atoms with Crippen LogP contribution >= 0.6 is 11.6 Å². The molecule has 0 fully saturated rings. The minimum Gasteiger partial charge on any atom is -0.434 e. The number of rotatable bonds is 2. The summed E-state index contributed by atoms with van der Waals surface area (Å²) in [7, 11) is 0. The molecule has 0 aliphatic rings. The number of nitrogens with zero attached hydrogens (tertiary/aromatic N) is 2. The third kappa shape index (κ3) is 2.45. The van der Waals surface area contributed by atoms with Crippen molar-refractivity contribution in [3.05, 3.63) is 40.9 Å². The van der Waals surface area contributed by atoms with Crippen molar-refractivity contribution in [3.63, 3.8) is 0 Å². The summed E-state index contributed by atoms with van der Waals surface area (Å²) in [5.74, 6) is -0.331. The number of nitrogens with two attached hydrogens (primary N) is 1. The topological polar surface area (TPSA) is 61.0 Å². The van der Waals surface area contributed by atoms with Gasteiger partial charge in [-0.05, 0) is 24.6 Å². The standard InChI is InChI=1S/C11H9ClFN3O/c1-6-2-3-7(13)8(4-6)17-11-9(12)10(14)15-5-16-11/h2-5H,1H3,(H2,14,15,16). The molecule has 0 aliphatic carbocycles. The van der Waals surface area contributed by atoms with E-state index in [-0.39, 0.29) is 22.5 Å². The predicted octanol–water partition coefficient (Wildman–Crippen LogP) is 2.95. The van der Waals surface area contributed by atoms with Crippen molar-refractivity contribution in [2.24, 2.45) is 0 Å². The van der Waals surface area contributed by atoms with Gasteiger partial charge in [0.25, 0.3) is 0 Å². The van der Waals surface area contributed by atoms with Gasteiger partial charge in [-0.15, -0.1) is 0 Å². The largest absolute Gasteiger partial charge is 0.434 e. The Labute approximate surface area is 102 Å². The number of aromatic nitrogens is 2.